The van der Waals surface area contributed by atoms with Gasteiger partial charge in [-0.25, -0.2) is 19.0 Å². The first-order valence-corrected chi connectivity index (χ1v) is 10.8. The van der Waals surface area contributed by atoms with Gasteiger partial charge in [0.2, 0.25) is 0 Å². The molecule has 2 aromatic carbocycles. The lowest BCUT2D eigenvalue weighted by molar-refractivity contribution is 0.0719. The number of benzene rings is 2. The number of hydrogen-bond donors (Lipinski definition) is 3. The van der Waals surface area contributed by atoms with E-state index in [2.05, 4.69) is 15.6 Å². The molecule has 34 heavy (non-hydrogen) atoms. The molecule has 0 aliphatic rings. The Hall–Kier alpha value is -3.95. The van der Waals surface area contributed by atoms with Gasteiger partial charge in [0.1, 0.15) is 11.6 Å². The van der Waals surface area contributed by atoms with Crippen LogP contribution in [0, 0.1) is 5.82 Å². The molecule has 3 aromatic rings. The van der Waals surface area contributed by atoms with Crippen molar-refractivity contribution in [2.45, 2.75) is 46.2 Å². The van der Waals surface area contributed by atoms with Crippen LogP contribution in [0.4, 0.5) is 19.7 Å². The monoisotopic (exact) mass is 469 g/mol. The summed E-state index contributed by atoms with van der Waals surface area (Å²) in [5.74, 6) is -0.439. The van der Waals surface area contributed by atoms with Gasteiger partial charge in [-0.1, -0.05) is 6.07 Å². The fourth-order valence-electron chi connectivity index (χ4n) is 3.91. The van der Waals surface area contributed by atoms with Crippen molar-refractivity contribution in [3.8, 4) is 5.69 Å². The molecule has 0 fully saturated rings. The van der Waals surface area contributed by atoms with E-state index in [1.807, 2.05) is 0 Å². The second-order valence-corrected chi connectivity index (χ2v) is 8.81. The van der Waals surface area contributed by atoms with Crippen LogP contribution in [0.2, 0.25) is 0 Å². The molecule has 1 heterocycles. The minimum atomic E-state index is -1.19. The van der Waals surface area contributed by atoms with Gasteiger partial charge in [-0.05, 0) is 65.0 Å². The van der Waals surface area contributed by atoms with E-state index in [-0.39, 0.29) is 16.7 Å². The van der Waals surface area contributed by atoms with Crippen LogP contribution in [0.1, 0.15) is 46.5 Å². The number of hydrogen-bond acceptors (Lipinski definition) is 4. The van der Waals surface area contributed by atoms with Crippen LogP contribution in [0.5, 0.6) is 0 Å². The highest BCUT2D eigenvalue weighted by Gasteiger charge is 2.34. The summed E-state index contributed by atoms with van der Waals surface area (Å²) >= 11 is 0. The number of fused-ring (bicyclic) bond motifs is 1. The number of amides is 3. The number of carbonyl (C=O) groups is 2. The van der Waals surface area contributed by atoms with E-state index < -0.39 is 35.1 Å². The number of rotatable bonds is 5. The molecule has 3 amide bonds. The highest BCUT2D eigenvalue weighted by atomic mass is 19.1. The quantitative estimate of drug-likeness (QED) is 0.509. The van der Waals surface area contributed by atoms with E-state index >= 15 is 0 Å². The molecular weight excluding hydrogens is 441 g/mol. The second kappa shape index (κ2) is 9.50. The van der Waals surface area contributed by atoms with Crippen molar-refractivity contribution in [1.82, 2.24) is 19.8 Å². The van der Waals surface area contributed by atoms with Gasteiger partial charge in [0.25, 0.3) is 5.56 Å². The summed E-state index contributed by atoms with van der Waals surface area (Å²) in [5.41, 5.74) is -0.370. The van der Waals surface area contributed by atoms with Gasteiger partial charge < -0.3 is 15.7 Å². The normalized spacial score (nSPS) is 12.3. The Bertz CT molecular complexity index is 1300. The second-order valence-electron chi connectivity index (χ2n) is 8.81. The molecule has 3 N–H and O–H groups in total. The highest BCUT2D eigenvalue weighted by molar-refractivity contribution is 5.89. The molecule has 1 atom stereocenters. The maximum Gasteiger partial charge on any atom is 0.408 e. The van der Waals surface area contributed by atoms with Gasteiger partial charge in [0.15, 0.2) is 0 Å². The number of anilines is 1. The van der Waals surface area contributed by atoms with E-state index in [9.17, 15) is 23.9 Å². The molecule has 1 unspecified atom stereocenters. The van der Waals surface area contributed by atoms with E-state index in [4.69, 9.17) is 0 Å². The van der Waals surface area contributed by atoms with Crippen molar-refractivity contribution in [2.75, 3.05) is 11.9 Å². The first kappa shape index (κ1) is 24.7. The number of carbonyl (C=O) groups excluding carboxylic acids is 1. The van der Waals surface area contributed by atoms with Gasteiger partial charge in [0, 0.05) is 23.8 Å². The Kier molecular flexibility index (Phi) is 6.90. The molecule has 0 aliphatic carbocycles. The molecule has 0 radical (unpaired) electrons. The van der Waals surface area contributed by atoms with E-state index in [0.29, 0.717) is 17.9 Å². The molecule has 0 bridgehead atoms. The molecule has 0 aliphatic heterocycles. The Morgan fingerprint density at radius 1 is 1.21 bits per heavy atom. The molecule has 0 saturated heterocycles. The predicted octanol–water partition coefficient (Wildman–Crippen LogP) is 4.51. The minimum Gasteiger partial charge on any atom is -0.465 e. The highest BCUT2D eigenvalue weighted by Crippen LogP contribution is 2.29. The van der Waals surface area contributed by atoms with Crippen LogP contribution in [-0.4, -0.2) is 43.8 Å². The number of nitrogens with zero attached hydrogens (tertiary/aromatic N) is 3. The third-order valence-corrected chi connectivity index (χ3v) is 5.25. The average molecular weight is 470 g/mol. The minimum absolute atomic E-state index is 0.121. The largest absolute Gasteiger partial charge is 0.465 e. The van der Waals surface area contributed by atoms with Gasteiger partial charge in [0.05, 0.1) is 22.6 Å². The van der Waals surface area contributed by atoms with Gasteiger partial charge >= 0.3 is 12.1 Å². The van der Waals surface area contributed by atoms with Crippen molar-refractivity contribution in [3.05, 3.63) is 64.5 Å². The maximum atomic E-state index is 13.9. The molecule has 10 heteroatoms. The summed E-state index contributed by atoms with van der Waals surface area (Å²) in [6.45, 7) is 9.05. The molecule has 1 aromatic heterocycles. The summed E-state index contributed by atoms with van der Waals surface area (Å²) in [7, 11) is 0. The topological polar surface area (TPSA) is 117 Å². The number of urea groups is 1. The Morgan fingerprint density at radius 2 is 1.91 bits per heavy atom. The summed E-state index contributed by atoms with van der Waals surface area (Å²) in [6, 6.07) is 8.96. The third kappa shape index (κ3) is 5.00. The van der Waals surface area contributed by atoms with Crippen LogP contribution in [0.3, 0.4) is 0 Å². The first-order chi connectivity index (χ1) is 15.9. The van der Waals surface area contributed by atoms with E-state index in [1.165, 1.54) is 21.6 Å². The molecule has 0 saturated carbocycles. The Morgan fingerprint density at radius 3 is 2.53 bits per heavy atom. The van der Waals surface area contributed by atoms with Gasteiger partial charge in [-0.2, -0.15) is 0 Å². The average Bonchev–Trinajstić information content (AvgIpc) is 2.72. The van der Waals surface area contributed by atoms with Crippen molar-refractivity contribution >= 4 is 28.7 Å². The zero-order valence-corrected chi connectivity index (χ0v) is 19.7. The SMILES string of the molecule is CCNC(=O)Nc1cccc(-n2c(C(C)N(C(=O)O)C(C)(C)C)nc3cc(F)ccc3c2=O)c1. The van der Waals surface area contributed by atoms with Crippen molar-refractivity contribution < 1.29 is 19.1 Å². The zero-order chi connectivity index (χ0) is 25.2. The number of halogens is 1. The first-order valence-electron chi connectivity index (χ1n) is 10.8. The summed E-state index contributed by atoms with van der Waals surface area (Å²) in [6.07, 6.45) is -1.19. The zero-order valence-electron chi connectivity index (χ0n) is 19.7. The molecule has 3 rings (SSSR count). The smallest absolute Gasteiger partial charge is 0.408 e. The fourth-order valence-corrected chi connectivity index (χ4v) is 3.91. The fraction of sp³-hybridized carbons (Fsp3) is 0.333. The van der Waals surface area contributed by atoms with E-state index in [1.54, 1.807) is 58.9 Å². The summed E-state index contributed by atoms with van der Waals surface area (Å²) in [4.78, 5) is 43.4. The third-order valence-electron chi connectivity index (χ3n) is 5.25. The lowest BCUT2D eigenvalue weighted by Crippen LogP contribution is -2.47. The van der Waals surface area contributed by atoms with Crippen LogP contribution in [0.25, 0.3) is 16.6 Å². The summed E-state index contributed by atoms with van der Waals surface area (Å²) < 4.78 is 15.2. The Labute approximate surface area is 196 Å². The van der Waals surface area contributed by atoms with Gasteiger partial charge in [-0.15, -0.1) is 0 Å². The Balaban J connectivity index is 2.28. The summed E-state index contributed by atoms with van der Waals surface area (Å²) in [5, 5.41) is 15.4. The number of carboxylic acid groups (broad SMARTS) is 1. The lowest BCUT2D eigenvalue weighted by Gasteiger charge is -2.38. The molecular formula is C24H28FN5O4. The maximum absolute atomic E-state index is 13.9. The standard InChI is InChI=1S/C24H28FN5O4/c1-6-26-22(32)27-16-8-7-9-17(13-16)29-20(14(2)30(23(33)34)24(3,4)5)28-19-12-15(25)10-11-18(19)21(29)31/h7-14H,6H2,1-5H3,(H,33,34)(H2,26,27,32). The van der Waals surface area contributed by atoms with Crippen molar-refractivity contribution in [3.63, 3.8) is 0 Å². The molecule has 180 valence electrons. The lowest BCUT2D eigenvalue weighted by atomic mass is 10.0. The predicted molar refractivity (Wildman–Crippen MR) is 128 cm³/mol. The molecule has 0 spiro atoms. The number of aromatic nitrogens is 2. The van der Waals surface area contributed by atoms with Crippen LogP contribution < -0.4 is 16.2 Å². The number of nitrogens with one attached hydrogen (secondary N) is 2. The van der Waals surface area contributed by atoms with Crippen LogP contribution >= 0.6 is 0 Å². The van der Waals surface area contributed by atoms with Crippen LogP contribution in [0.15, 0.2) is 47.3 Å². The van der Waals surface area contributed by atoms with Crippen molar-refractivity contribution in [1.29, 1.82) is 0 Å². The van der Waals surface area contributed by atoms with E-state index in [0.717, 1.165) is 6.07 Å². The molecule has 9 nitrogen and oxygen atoms in total. The van der Waals surface area contributed by atoms with Gasteiger partial charge in [-0.3, -0.25) is 14.3 Å². The van der Waals surface area contributed by atoms with Crippen molar-refractivity contribution in [2.24, 2.45) is 0 Å². The van der Waals surface area contributed by atoms with Crippen LogP contribution in [-0.2, 0) is 0 Å².